The number of nitrogens with zero attached hydrogens (tertiary/aromatic N) is 1. The summed E-state index contributed by atoms with van der Waals surface area (Å²) >= 11 is 1.11. The van der Waals surface area contributed by atoms with Crippen molar-refractivity contribution in [3.63, 3.8) is 0 Å². The highest BCUT2D eigenvalue weighted by molar-refractivity contribution is 7.91. The summed E-state index contributed by atoms with van der Waals surface area (Å²) in [7, 11) is -5.77. The minimum absolute atomic E-state index is 0.0963. The Morgan fingerprint density at radius 2 is 1.75 bits per heavy atom. The summed E-state index contributed by atoms with van der Waals surface area (Å²) in [6, 6.07) is 12.7. The maximum absolute atomic E-state index is 12.2. The lowest BCUT2D eigenvalue weighted by atomic mass is 10.2. The lowest BCUT2D eigenvalue weighted by Gasteiger charge is -2.16. The average Bonchev–Trinajstić information content (AvgIpc) is 3.09. The molecular weight excluding hydrogens is 368 g/mol. The number of rotatable bonds is 9. The minimum Gasteiger partial charge on any atom is -0.215 e. The van der Waals surface area contributed by atoms with E-state index in [1.807, 2.05) is 30.3 Å². The molecular formula is C15H20N2O4S3. The van der Waals surface area contributed by atoms with Gasteiger partial charge in [-0.3, -0.25) is 0 Å². The van der Waals surface area contributed by atoms with Crippen molar-refractivity contribution in [2.24, 2.45) is 0 Å². The van der Waals surface area contributed by atoms with Crippen molar-refractivity contribution >= 4 is 31.4 Å². The molecule has 2 aromatic rings. The van der Waals surface area contributed by atoms with Crippen LogP contribution in [0, 0.1) is 0 Å². The molecule has 1 aromatic carbocycles. The maximum Gasteiger partial charge on any atom is 0.252 e. The smallest absolute Gasteiger partial charge is 0.215 e. The summed E-state index contributed by atoms with van der Waals surface area (Å²) in [4.78, 5) is 0. The Morgan fingerprint density at radius 1 is 1.04 bits per heavy atom. The second-order valence-electron chi connectivity index (χ2n) is 5.21. The molecule has 0 unspecified atom stereocenters. The first-order valence-corrected chi connectivity index (χ1v) is 11.3. The minimum atomic E-state index is -3.62. The Balaban J connectivity index is 1.84. The molecule has 0 bridgehead atoms. The van der Waals surface area contributed by atoms with Gasteiger partial charge >= 0.3 is 0 Å². The molecule has 1 N–H and O–H groups in total. The number of thiophene rings is 1. The molecule has 6 nitrogen and oxygen atoms in total. The second-order valence-corrected chi connectivity index (χ2v) is 10.4. The van der Waals surface area contributed by atoms with Crippen molar-refractivity contribution in [2.75, 3.05) is 25.9 Å². The van der Waals surface area contributed by atoms with Crippen molar-refractivity contribution in [3.05, 3.63) is 53.4 Å². The normalized spacial score (nSPS) is 12.6. The van der Waals surface area contributed by atoms with Crippen LogP contribution in [0.4, 0.5) is 0 Å². The van der Waals surface area contributed by atoms with E-state index in [-0.39, 0.29) is 23.1 Å². The van der Waals surface area contributed by atoms with Gasteiger partial charge < -0.3 is 0 Å². The highest BCUT2D eigenvalue weighted by atomic mass is 32.2. The molecule has 0 atom stereocenters. The van der Waals surface area contributed by atoms with Crippen molar-refractivity contribution < 1.29 is 16.8 Å². The SMILES string of the molecule is CN(CCS(=O)(=O)NCCc1ccccc1)S(=O)(=O)c1cccs1. The molecule has 0 aliphatic heterocycles. The van der Waals surface area contributed by atoms with Gasteiger partial charge in [0.05, 0.1) is 5.75 Å². The number of hydrogen-bond acceptors (Lipinski definition) is 5. The van der Waals surface area contributed by atoms with Crippen LogP contribution in [-0.2, 0) is 26.5 Å². The van der Waals surface area contributed by atoms with Gasteiger partial charge in [0.15, 0.2) is 0 Å². The molecule has 0 spiro atoms. The van der Waals surface area contributed by atoms with Gasteiger partial charge in [-0.15, -0.1) is 11.3 Å². The monoisotopic (exact) mass is 388 g/mol. The van der Waals surface area contributed by atoms with E-state index in [0.29, 0.717) is 6.42 Å². The Bertz CT molecular complexity index is 832. The summed E-state index contributed by atoms with van der Waals surface area (Å²) < 4.78 is 52.3. The molecule has 0 fully saturated rings. The van der Waals surface area contributed by atoms with Gasteiger partial charge in [-0.2, -0.15) is 4.31 Å². The molecule has 2 rings (SSSR count). The Kier molecular flexibility index (Phi) is 6.53. The largest absolute Gasteiger partial charge is 0.252 e. The van der Waals surface area contributed by atoms with Gasteiger partial charge in [0.2, 0.25) is 10.0 Å². The van der Waals surface area contributed by atoms with Crippen molar-refractivity contribution in [1.29, 1.82) is 0 Å². The summed E-state index contributed by atoms with van der Waals surface area (Å²) in [5, 5.41) is 1.67. The molecule has 0 saturated carbocycles. The number of hydrogen-bond donors (Lipinski definition) is 1. The van der Waals surface area contributed by atoms with Crippen LogP contribution in [0.15, 0.2) is 52.1 Å². The van der Waals surface area contributed by atoms with Gasteiger partial charge in [-0.25, -0.2) is 21.6 Å². The Labute approximate surface area is 147 Å². The summed E-state index contributed by atoms with van der Waals surface area (Å²) in [5.41, 5.74) is 1.04. The summed E-state index contributed by atoms with van der Waals surface area (Å²) in [6.45, 7) is 0.189. The maximum atomic E-state index is 12.2. The summed E-state index contributed by atoms with van der Waals surface area (Å²) in [5.74, 6) is -0.275. The molecule has 1 aromatic heterocycles. The highest BCUT2D eigenvalue weighted by Gasteiger charge is 2.23. The second kappa shape index (κ2) is 8.21. The molecule has 9 heteroatoms. The molecule has 0 amide bonds. The van der Waals surface area contributed by atoms with Gasteiger partial charge in [0.25, 0.3) is 10.0 Å². The lowest BCUT2D eigenvalue weighted by molar-refractivity contribution is 0.485. The Hall–Kier alpha value is -1.26. The highest BCUT2D eigenvalue weighted by Crippen LogP contribution is 2.19. The first-order chi connectivity index (χ1) is 11.3. The quantitative estimate of drug-likeness (QED) is 0.706. The van der Waals surface area contributed by atoms with Gasteiger partial charge in [-0.05, 0) is 23.4 Å². The number of nitrogens with one attached hydrogen (secondary N) is 1. The van der Waals surface area contributed by atoms with E-state index in [9.17, 15) is 16.8 Å². The van der Waals surface area contributed by atoms with Gasteiger partial charge in [-0.1, -0.05) is 36.4 Å². The first-order valence-electron chi connectivity index (χ1n) is 7.32. The lowest BCUT2D eigenvalue weighted by Crippen LogP contribution is -2.36. The predicted octanol–water partition coefficient (Wildman–Crippen LogP) is 1.53. The fourth-order valence-corrected chi connectivity index (χ4v) is 5.56. The average molecular weight is 389 g/mol. The van der Waals surface area contributed by atoms with Crippen molar-refractivity contribution in [2.45, 2.75) is 10.6 Å². The van der Waals surface area contributed by atoms with Crippen molar-refractivity contribution in [3.8, 4) is 0 Å². The van der Waals surface area contributed by atoms with Gasteiger partial charge in [0.1, 0.15) is 4.21 Å². The summed E-state index contributed by atoms with van der Waals surface area (Å²) in [6.07, 6.45) is 0.587. The zero-order valence-electron chi connectivity index (χ0n) is 13.3. The van der Waals surface area contributed by atoms with Gasteiger partial charge in [0, 0.05) is 20.1 Å². The molecule has 24 heavy (non-hydrogen) atoms. The fourth-order valence-electron chi connectivity index (χ4n) is 2.00. The first kappa shape index (κ1) is 19.1. The molecule has 0 radical (unpaired) electrons. The predicted molar refractivity (Wildman–Crippen MR) is 96.1 cm³/mol. The molecule has 1 heterocycles. The topological polar surface area (TPSA) is 83.6 Å². The van der Waals surface area contributed by atoms with Crippen LogP contribution in [0.1, 0.15) is 5.56 Å². The van der Waals surface area contributed by atoms with E-state index in [2.05, 4.69) is 4.72 Å². The van der Waals surface area contributed by atoms with E-state index < -0.39 is 20.0 Å². The third kappa shape index (κ3) is 5.38. The van der Waals surface area contributed by atoms with E-state index in [1.54, 1.807) is 11.4 Å². The molecule has 0 aliphatic carbocycles. The van der Waals surface area contributed by atoms with E-state index in [4.69, 9.17) is 0 Å². The number of sulfonamides is 2. The van der Waals surface area contributed by atoms with Crippen LogP contribution in [0.2, 0.25) is 0 Å². The van der Waals surface area contributed by atoms with Crippen molar-refractivity contribution in [1.82, 2.24) is 9.03 Å². The van der Waals surface area contributed by atoms with E-state index in [1.165, 1.54) is 13.1 Å². The van der Waals surface area contributed by atoms with Crippen LogP contribution in [0.5, 0.6) is 0 Å². The molecule has 132 valence electrons. The zero-order chi connectivity index (χ0) is 17.6. The van der Waals surface area contributed by atoms with Crippen LogP contribution >= 0.6 is 11.3 Å². The van der Waals surface area contributed by atoms with Crippen LogP contribution in [0.3, 0.4) is 0 Å². The van der Waals surface area contributed by atoms with E-state index >= 15 is 0 Å². The van der Waals surface area contributed by atoms with E-state index in [0.717, 1.165) is 21.2 Å². The van der Waals surface area contributed by atoms with Crippen LogP contribution in [0.25, 0.3) is 0 Å². The third-order valence-corrected chi connectivity index (χ3v) is 8.01. The standard InChI is InChI=1S/C15H20N2O4S3/c1-17(24(20,21)15-8-5-12-22-15)11-13-23(18,19)16-10-9-14-6-3-2-4-7-14/h2-8,12,16H,9-11,13H2,1H3. The molecule has 0 aliphatic rings. The van der Waals surface area contributed by atoms with Crippen LogP contribution in [-0.4, -0.2) is 47.0 Å². The Morgan fingerprint density at radius 3 is 2.38 bits per heavy atom. The van der Waals surface area contributed by atoms with Crippen LogP contribution < -0.4 is 4.72 Å². The molecule has 0 saturated heterocycles. The number of benzene rings is 1. The third-order valence-electron chi connectivity index (χ3n) is 3.41. The zero-order valence-corrected chi connectivity index (χ0v) is 15.7. The fraction of sp³-hybridized carbons (Fsp3) is 0.333.